The monoisotopic (exact) mass is 266 g/mol. The predicted octanol–water partition coefficient (Wildman–Crippen LogP) is 3.51. The summed E-state index contributed by atoms with van der Waals surface area (Å²) in [6.45, 7) is 1.51. The summed E-state index contributed by atoms with van der Waals surface area (Å²) < 4.78 is 5.47. The summed E-state index contributed by atoms with van der Waals surface area (Å²) in [4.78, 5) is 0. The Bertz CT molecular complexity index is 440. The van der Waals surface area contributed by atoms with Crippen LogP contribution < -0.4 is 0 Å². The van der Waals surface area contributed by atoms with Crippen LogP contribution in [0.5, 0.6) is 0 Å². The van der Waals surface area contributed by atoms with Gasteiger partial charge in [-0.15, -0.1) is 0 Å². The minimum absolute atomic E-state index is 0.0315. The first-order valence-electron chi connectivity index (χ1n) is 6.73. The fraction of sp³-hybridized carbons (Fsp3) is 0.600. The lowest BCUT2D eigenvalue weighted by atomic mass is 9.66. The van der Waals surface area contributed by atoms with Crippen molar-refractivity contribution in [3.05, 3.63) is 34.9 Å². The molecule has 2 aliphatic rings. The van der Waals surface area contributed by atoms with E-state index in [0.29, 0.717) is 5.02 Å². The van der Waals surface area contributed by atoms with Crippen LogP contribution in [-0.4, -0.2) is 18.3 Å². The highest BCUT2D eigenvalue weighted by Gasteiger charge is 2.55. The van der Waals surface area contributed by atoms with E-state index in [4.69, 9.17) is 16.3 Å². The number of ether oxygens (including phenoxy) is 1. The highest BCUT2D eigenvalue weighted by Crippen LogP contribution is 2.58. The van der Waals surface area contributed by atoms with Gasteiger partial charge in [-0.25, -0.2) is 0 Å². The van der Waals surface area contributed by atoms with Crippen molar-refractivity contribution in [1.82, 2.24) is 0 Å². The van der Waals surface area contributed by atoms with Gasteiger partial charge in [-0.05, 0) is 38.2 Å². The molecule has 2 fully saturated rings. The molecule has 98 valence electrons. The molecule has 0 radical (unpaired) electrons. The lowest BCUT2D eigenvalue weighted by Crippen LogP contribution is -2.45. The van der Waals surface area contributed by atoms with Crippen LogP contribution in [0.3, 0.4) is 0 Å². The summed E-state index contributed by atoms with van der Waals surface area (Å²) in [5, 5.41) is 12.0. The standard InChI is InChI=1S/C15H19ClO2/c16-13-5-2-1-4-12(13)15(17)7-3-6-14(15)8-10-18-11-9-14/h1-2,4-5,17H,3,6-11H2. The molecule has 1 saturated carbocycles. The molecule has 1 N–H and O–H groups in total. The molecule has 1 spiro atoms. The van der Waals surface area contributed by atoms with Gasteiger partial charge in [-0.1, -0.05) is 29.8 Å². The van der Waals surface area contributed by atoms with Gasteiger partial charge in [-0.2, -0.15) is 0 Å². The predicted molar refractivity (Wildman–Crippen MR) is 71.7 cm³/mol. The summed E-state index contributed by atoms with van der Waals surface area (Å²) in [5.74, 6) is 0. The Morgan fingerprint density at radius 3 is 2.50 bits per heavy atom. The molecule has 1 atom stereocenters. The second kappa shape index (κ2) is 4.52. The normalized spacial score (nSPS) is 30.8. The molecule has 0 bridgehead atoms. The van der Waals surface area contributed by atoms with E-state index >= 15 is 0 Å². The maximum Gasteiger partial charge on any atom is 0.0968 e. The van der Waals surface area contributed by atoms with Gasteiger partial charge < -0.3 is 9.84 Å². The second-order valence-corrected chi connectivity index (χ2v) is 5.99. The van der Waals surface area contributed by atoms with Gasteiger partial charge in [-0.3, -0.25) is 0 Å². The van der Waals surface area contributed by atoms with Crippen LogP contribution in [-0.2, 0) is 10.3 Å². The molecule has 1 aliphatic carbocycles. The molecule has 1 saturated heterocycles. The summed E-state index contributed by atoms with van der Waals surface area (Å²) in [6, 6.07) is 7.73. The molecule has 18 heavy (non-hydrogen) atoms. The number of benzene rings is 1. The molecular formula is C15H19ClO2. The summed E-state index contributed by atoms with van der Waals surface area (Å²) in [6.07, 6.45) is 4.85. The number of aliphatic hydroxyl groups is 1. The molecule has 0 aromatic heterocycles. The number of halogens is 1. The van der Waals surface area contributed by atoms with Crippen LogP contribution in [0.4, 0.5) is 0 Å². The van der Waals surface area contributed by atoms with E-state index in [1.807, 2.05) is 24.3 Å². The molecule has 2 nitrogen and oxygen atoms in total. The van der Waals surface area contributed by atoms with E-state index in [-0.39, 0.29) is 5.41 Å². The van der Waals surface area contributed by atoms with Crippen molar-refractivity contribution in [2.24, 2.45) is 5.41 Å². The summed E-state index contributed by atoms with van der Waals surface area (Å²) in [7, 11) is 0. The quantitative estimate of drug-likeness (QED) is 0.843. The van der Waals surface area contributed by atoms with Crippen LogP contribution in [0, 0.1) is 5.41 Å². The Balaban J connectivity index is 2.05. The maximum atomic E-state index is 11.3. The first-order valence-corrected chi connectivity index (χ1v) is 7.11. The van der Waals surface area contributed by atoms with E-state index in [2.05, 4.69) is 0 Å². The molecule has 1 aromatic carbocycles. The largest absolute Gasteiger partial charge is 0.385 e. The van der Waals surface area contributed by atoms with Gasteiger partial charge in [0.05, 0.1) is 5.60 Å². The van der Waals surface area contributed by atoms with Crippen LogP contribution >= 0.6 is 11.6 Å². The second-order valence-electron chi connectivity index (χ2n) is 5.59. The Hall–Kier alpha value is -0.570. The van der Waals surface area contributed by atoms with E-state index in [1.165, 1.54) is 0 Å². The van der Waals surface area contributed by atoms with Gasteiger partial charge in [0, 0.05) is 29.2 Å². The van der Waals surface area contributed by atoms with Crippen molar-refractivity contribution >= 4 is 11.6 Å². The molecular weight excluding hydrogens is 248 g/mol. The Morgan fingerprint density at radius 2 is 1.78 bits per heavy atom. The van der Waals surface area contributed by atoms with Crippen LogP contribution in [0.25, 0.3) is 0 Å². The SMILES string of the molecule is OC1(c2ccccc2Cl)CCCC12CCOCC2. The van der Waals surface area contributed by atoms with Gasteiger partial charge in [0.15, 0.2) is 0 Å². The van der Waals surface area contributed by atoms with Gasteiger partial charge in [0.1, 0.15) is 0 Å². The summed E-state index contributed by atoms with van der Waals surface area (Å²) >= 11 is 6.31. The molecule has 3 heteroatoms. The van der Waals surface area contributed by atoms with E-state index in [0.717, 1.165) is 50.9 Å². The summed E-state index contributed by atoms with van der Waals surface area (Å²) in [5.41, 5.74) is 0.108. The molecule has 3 rings (SSSR count). The smallest absolute Gasteiger partial charge is 0.0968 e. The molecule has 1 heterocycles. The van der Waals surface area contributed by atoms with E-state index in [9.17, 15) is 5.11 Å². The highest BCUT2D eigenvalue weighted by atomic mass is 35.5. The molecule has 1 aromatic rings. The molecule has 1 unspecified atom stereocenters. The third-order valence-electron chi connectivity index (χ3n) is 4.84. The zero-order chi connectivity index (χ0) is 12.6. The first kappa shape index (κ1) is 12.5. The lowest BCUT2D eigenvalue weighted by Gasteiger charge is -2.45. The Kier molecular flexibility index (Phi) is 3.13. The third-order valence-corrected chi connectivity index (χ3v) is 5.17. The maximum absolute atomic E-state index is 11.3. The van der Waals surface area contributed by atoms with Crippen LogP contribution in [0.2, 0.25) is 5.02 Å². The minimum Gasteiger partial charge on any atom is -0.385 e. The third kappa shape index (κ3) is 1.70. The minimum atomic E-state index is -0.769. The van der Waals surface area contributed by atoms with Gasteiger partial charge >= 0.3 is 0 Å². The molecule has 0 amide bonds. The Labute approximate surface area is 113 Å². The van der Waals surface area contributed by atoms with Crippen molar-refractivity contribution in [2.45, 2.75) is 37.7 Å². The molecule has 1 aliphatic heterocycles. The van der Waals surface area contributed by atoms with Gasteiger partial charge in [0.25, 0.3) is 0 Å². The highest BCUT2D eigenvalue weighted by molar-refractivity contribution is 6.31. The number of rotatable bonds is 1. The zero-order valence-electron chi connectivity index (χ0n) is 10.5. The van der Waals surface area contributed by atoms with Crippen molar-refractivity contribution in [1.29, 1.82) is 0 Å². The van der Waals surface area contributed by atoms with E-state index < -0.39 is 5.60 Å². The zero-order valence-corrected chi connectivity index (χ0v) is 11.2. The van der Waals surface area contributed by atoms with E-state index in [1.54, 1.807) is 0 Å². The Morgan fingerprint density at radius 1 is 1.06 bits per heavy atom. The fourth-order valence-electron chi connectivity index (χ4n) is 3.80. The van der Waals surface area contributed by atoms with Gasteiger partial charge in [0.2, 0.25) is 0 Å². The number of hydrogen-bond acceptors (Lipinski definition) is 2. The van der Waals surface area contributed by atoms with Crippen molar-refractivity contribution in [2.75, 3.05) is 13.2 Å². The van der Waals surface area contributed by atoms with Crippen molar-refractivity contribution in [3.63, 3.8) is 0 Å². The van der Waals surface area contributed by atoms with Crippen LogP contribution in [0.1, 0.15) is 37.7 Å². The average molecular weight is 267 g/mol. The number of hydrogen-bond donors (Lipinski definition) is 1. The van der Waals surface area contributed by atoms with Crippen molar-refractivity contribution < 1.29 is 9.84 Å². The van der Waals surface area contributed by atoms with Crippen molar-refractivity contribution in [3.8, 4) is 0 Å². The topological polar surface area (TPSA) is 29.5 Å². The lowest BCUT2D eigenvalue weighted by molar-refractivity contribution is -0.119. The average Bonchev–Trinajstić information content (AvgIpc) is 2.69. The van der Waals surface area contributed by atoms with Crippen LogP contribution in [0.15, 0.2) is 24.3 Å². The fourth-order valence-corrected chi connectivity index (χ4v) is 4.09. The first-order chi connectivity index (χ1) is 8.68.